The number of hydrogen-bond acceptors (Lipinski definition) is 3. The molecule has 1 atom stereocenters. The Balaban J connectivity index is 2.74. The minimum atomic E-state index is -1.62. The van der Waals surface area contributed by atoms with Crippen LogP contribution in [0, 0.1) is 11.7 Å². The SMILES string of the molecule is CCC(C)CN(CC)Cc1ccc(B(O)O)cc1F. The number of benzene rings is 1. The predicted octanol–water partition coefficient (Wildman–Crippen LogP) is 1.37. The molecule has 0 aliphatic rings. The van der Waals surface area contributed by atoms with Gasteiger partial charge in [-0.05, 0) is 24.0 Å². The van der Waals surface area contributed by atoms with E-state index in [1.807, 2.05) is 0 Å². The van der Waals surface area contributed by atoms with Crippen LogP contribution in [0.5, 0.6) is 0 Å². The van der Waals surface area contributed by atoms with Gasteiger partial charge in [-0.3, -0.25) is 4.90 Å². The molecule has 0 saturated heterocycles. The summed E-state index contributed by atoms with van der Waals surface area (Å²) in [6.45, 7) is 8.76. The summed E-state index contributed by atoms with van der Waals surface area (Å²) in [6, 6.07) is 4.38. The highest BCUT2D eigenvalue weighted by molar-refractivity contribution is 6.58. The van der Waals surface area contributed by atoms with Gasteiger partial charge in [0.1, 0.15) is 5.82 Å². The Morgan fingerprint density at radius 2 is 2.00 bits per heavy atom. The minimum absolute atomic E-state index is 0.186. The van der Waals surface area contributed by atoms with Crippen LogP contribution in [0.2, 0.25) is 0 Å². The van der Waals surface area contributed by atoms with E-state index in [1.165, 1.54) is 6.07 Å². The van der Waals surface area contributed by atoms with Gasteiger partial charge in [-0.15, -0.1) is 0 Å². The molecule has 0 spiro atoms. The third-order valence-electron chi connectivity index (χ3n) is 3.48. The van der Waals surface area contributed by atoms with Gasteiger partial charge in [0.05, 0.1) is 0 Å². The monoisotopic (exact) mass is 267 g/mol. The molecule has 3 nitrogen and oxygen atoms in total. The lowest BCUT2D eigenvalue weighted by molar-refractivity contribution is 0.235. The lowest BCUT2D eigenvalue weighted by atomic mass is 9.80. The van der Waals surface area contributed by atoms with Crippen molar-refractivity contribution in [2.75, 3.05) is 13.1 Å². The van der Waals surface area contributed by atoms with Crippen LogP contribution in [0.15, 0.2) is 18.2 Å². The van der Waals surface area contributed by atoms with Crippen LogP contribution in [-0.2, 0) is 6.54 Å². The maximum atomic E-state index is 13.9. The second kappa shape index (κ2) is 7.63. The first-order chi connectivity index (χ1) is 8.97. The zero-order valence-electron chi connectivity index (χ0n) is 11.9. The summed E-state index contributed by atoms with van der Waals surface area (Å²) in [7, 11) is -1.62. The molecule has 0 bridgehead atoms. The lowest BCUT2D eigenvalue weighted by Gasteiger charge is -2.24. The highest BCUT2D eigenvalue weighted by atomic mass is 19.1. The maximum Gasteiger partial charge on any atom is 0.488 e. The van der Waals surface area contributed by atoms with Gasteiger partial charge in [-0.1, -0.05) is 39.3 Å². The summed E-state index contributed by atoms with van der Waals surface area (Å²) in [5, 5.41) is 18.0. The van der Waals surface area contributed by atoms with Crippen molar-refractivity contribution in [1.82, 2.24) is 4.90 Å². The molecule has 1 unspecified atom stereocenters. The minimum Gasteiger partial charge on any atom is -0.423 e. The van der Waals surface area contributed by atoms with E-state index < -0.39 is 7.12 Å². The van der Waals surface area contributed by atoms with Crippen molar-refractivity contribution in [1.29, 1.82) is 0 Å². The molecule has 0 aliphatic carbocycles. The van der Waals surface area contributed by atoms with Gasteiger partial charge in [-0.25, -0.2) is 4.39 Å². The van der Waals surface area contributed by atoms with Crippen molar-refractivity contribution >= 4 is 12.6 Å². The molecule has 19 heavy (non-hydrogen) atoms. The molecule has 0 amide bonds. The highest BCUT2D eigenvalue weighted by Gasteiger charge is 2.15. The molecule has 1 aromatic carbocycles. The van der Waals surface area contributed by atoms with E-state index in [-0.39, 0.29) is 11.3 Å². The van der Waals surface area contributed by atoms with Crippen LogP contribution in [0.3, 0.4) is 0 Å². The molecule has 1 aromatic rings. The summed E-state index contributed by atoms with van der Waals surface area (Å²) < 4.78 is 13.9. The van der Waals surface area contributed by atoms with E-state index >= 15 is 0 Å². The van der Waals surface area contributed by atoms with Gasteiger partial charge in [0.15, 0.2) is 0 Å². The Morgan fingerprint density at radius 1 is 1.32 bits per heavy atom. The molecule has 0 aliphatic heterocycles. The smallest absolute Gasteiger partial charge is 0.423 e. The Kier molecular flexibility index (Phi) is 6.48. The van der Waals surface area contributed by atoms with Crippen LogP contribution in [-0.4, -0.2) is 35.2 Å². The molecular weight excluding hydrogens is 244 g/mol. The second-order valence-electron chi connectivity index (χ2n) is 5.07. The first kappa shape index (κ1) is 16.2. The molecule has 1 rings (SSSR count). The van der Waals surface area contributed by atoms with Crippen LogP contribution < -0.4 is 5.46 Å². The maximum absolute atomic E-state index is 13.9. The highest BCUT2D eigenvalue weighted by Crippen LogP contribution is 2.12. The van der Waals surface area contributed by atoms with E-state index in [2.05, 4.69) is 25.7 Å². The third-order valence-corrected chi connectivity index (χ3v) is 3.48. The molecular formula is C14H23BFNO2. The molecule has 106 valence electrons. The van der Waals surface area contributed by atoms with E-state index in [0.29, 0.717) is 18.0 Å². The fraction of sp³-hybridized carbons (Fsp3) is 0.571. The molecule has 0 saturated carbocycles. The fourth-order valence-electron chi connectivity index (χ4n) is 1.97. The Bertz CT molecular complexity index is 401. The molecule has 0 aromatic heterocycles. The van der Waals surface area contributed by atoms with Crippen molar-refractivity contribution in [2.24, 2.45) is 5.92 Å². The second-order valence-corrected chi connectivity index (χ2v) is 5.07. The van der Waals surface area contributed by atoms with E-state index in [4.69, 9.17) is 10.0 Å². The first-order valence-electron chi connectivity index (χ1n) is 6.84. The summed E-state index contributed by atoms with van der Waals surface area (Å²) in [5.74, 6) is 0.203. The van der Waals surface area contributed by atoms with Crippen LogP contribution in [0.1, 0.15) is 32.8 Å². The van der Waals surface area contributed by atoms with Gasteiger partial charge < -0.3 is 10.0 Å². The Labute approximate surface area is 115 Å². The zero-order chi connectivity index (χ0) is 14.4. The first-order valence-corrected chi connectivity index (χ1v) is 6.84. The predicted molar refractivity (Wildman–Crippen MR) is 76.6 cm³/mol. The fourth-order valence-corrected chi connectivity index (χ4v) is 1.97. The normalized spacial score (nSPS) is 12.8. The number of rotatable bonds is 7. The van der Waals surface area contributed by atoms with Crippen LogP contribution in [0.25, 0.3) is 0 Å². The number of nitrogens with zero attached hydrogens (tertiary/aromatic N) is 1. The standard InChI is InChI=1S/C14H23BFNO2/c1-4-11(3)9-17(5-2)10-12-6-7-13(15(18)19)8-14(12)16/h6-8,11,18-19H,4-5,9-10H2,1-3H3. The van der Waals surface area contributed by atoms with Gasteiger partial charge in [-0.2, -0.15) is 0 Å². The molecule has 5 heteroatoms. The van der Waals surface area contributed by atoms with Crippen molar-refractivity contribution in [3.05, 3.63) is 29.6 Å². The quantitative estimate of drug-likeness (QED) is 0.733. The van der Waals surface area contributed by atoms with Crippen molar-refractivity contribution in [2.45, 2.75) is 33.7 Å². The van der Waals surface area contributed by atoms with Crippen molar-refractivity contribution < 1.29 is 14.4 Å². The molecule has 0 fully saturated rings. The van der Waals surface area contributed by atoms with Gasteiger partial charge in [0.2, 0.25) is 0 Å². The topological polar surface area (TPSA) is 43.7 Å². The number of halogens is 1. The lowest BCUT2D eigenvalue weighted by Crippen LogP contribution is -2.31. The average Bonchev–Trinajstić information content (AvgIpc) is 2.39. The van der Waals surface area contributed by atoms with Crippen molar-refractivity contribution in [3.8, 4) is 0 Å². The van der Waals surface area contributed by atoms with E-state index in [1.54, 1.807) is 12.1 Å². The molecule has 0 radical (unpaired) electrons. The Morgan fingerprint density at radius 3 is 2.47 bits per heavy atom. The van der Waals surface area contributed by atoms with Gasteiger partial charge in [0, 0.05) is 18.7 Å². The van der Waals surface area contributed by atoms with E-state index in [9.17, 15) is 4.39 Å². The van der Waals surface area contributed by atoms with Crippen molar-refractivity contribution in [3.63, 3.8) is 0 Å². The summed E-state index contributed by atoms with van der Waals surface area (Å²) >= 11 is 0. The van der Waals surface area contributed by atoms with Gasteiger partial charge in [0.25, 0.3) is 0 Å². The molecule has 0 heterocycles. The van der Waals surface area contributed by atoms with Gasteiger partial charge >= 0.3 is 7.12 Å². The van der Waals surface area contributed by atoms with Crippen LogP contribution >= 0.6 is 0 Å². The molecule has 2 N–H and O–H groups in total. The third kappa shape index (κ3) is 4.93. The Hall–Kier alpha value is -0.905. The van der Waals surface area contributed by atoms with Crippen LogP contribution in [0.4, 0.5) is 4.39 Å². The summed E-state index contributed by atoms with van der Waals surface area (Å²) in [6.07, 6.45) is 1.11. The number of hydrogen-bond donors (Lipinski definition) is 2. The average molecular weight is 267 g/mol. The summed E-state index contributed by atoms with van der Waals surface area (Å²) in [5.41, 5.74) is 0.778. The largest absolute Gasteiger partial charge is 0.488 e. The van der Waals surface area contributed by atoms with E-state index in [0.717, 1.165) is 19.5 Å². The summed E-state index contributed by atoms with van der Waals surface area (Å²) in [4.78, 5) is 2.20. The zero-order valence-corrected chi connectivity index (χ0v) is 11.9.